The van der Waals surface area contributed by atoms with Gasteiger partial charge in [0.05, 0.1) is 18.7 Å². The third kappa shape index (κ3) is 4.30. The first-order chi connectivity index (χ1) is 11.1. The van der Waals surface area contributed by atoms with E-state index in [2.05, 4.69) is 5.32 Å². The monoisotopic (exact) mass is 340 g/mol. The average molecular weight is 341 g/mol. The maximum absolute atomic E-state index is 12.7. The Morgan fingerprint density at radius 1 is 1.48 bits per heavy atom. The Bertz CT molecular complexity index is 551. The van der Waals surface area contributed by atoms with Crippen molar-refractivity contribution in [1.29, 1.82) is 0 Å². The van der Waals surface area contributed by atoms with Crippen LogP contribution in [0.2, 0.25) is 5.02 Å². The molecule has 0 aromatic heterocycles. The summed E-state index contributed by atoms with van der Waals surface area (Å²) in [6.45, 7) is 5.05. The first kappa shape index (κ1) is 17.9. The van der Waals surface area contributed by atoms with Gasteiger partial charge in [0.15, 0.2) is 11.5 Å². The molecule has 1 aromatic carbocycles. The zero-order valence-electron chi connectivity index (χ0n) is 14.0. The number of hydrogen-bond acceptors (Lipinski definition) is 4. The molecule has 0 radical (unpaired) electrons. The molecule has 1 heterocycles. The van der Waals surface area contributed by atoms with Crippen LogP contribution >= 0.6 is 11.6 Å². The van der Waals surface area contributed by atoms with Crippen LogP contribution in [-0.2, 0) is 0 Å². The highest BCUT2D eigenvalue weighted by atomic mass is 35.5. The van der Waals surface area contributed by atoms with Gasteiger partial charge in [-0.1, -0.05) is 18.5 Å². The van der Waals surface area contributed by atoms with Crippen molar-refractivity contribution in [2.75, 3.05) is 40.4 Å². The van der Waals surface area contributed by atoms with Gasteiger partial charge in [-0.15, -0.1) is 0 Å². The molecule has 1 unspecified atom stereocenters. The molecule has 128 valence electrons. The second-order valence-corrected chi connectivity index (χ2v) is 6.21. The van der Waals surface area contributed by atoms with E-state index in [1.54, 1.807) is 19.2 Å². The summed E-state index contributed by atoms with van der Waals surface area (Å²) < 4.78 is 11.0. The van der Waals surface area contributed by atoms with Crippen LogP contribution in [0.3, 0.4) is 0 Å². The molecule has 1 atom stereocenters. The Kier molecular flexibility index (Phi) is 6.54. The Balaban J connectivity index is 2.16. The fraction of sp³-hybridized carbons (Fsp3) is 0.588. The van der Waals surface area contributed by atoms with Crippen LogP contribution in [0, 0.1) is 5.92 Å². The molecule has 1 aromatic rings. The predicted octanol–water partition coefficient (Wildman–Crippen LogP) is 2.82. The standard InChI is InChI=1S/C17H25ClN2O3/c1-4-7-23-16-14(18)8-13(9-15(16)22-3)17(21)20-6-5-12(11-20)10-19-2/h8-9,12,19H,4-7,10-11H2,1-3H3. The number of rotatable bonds is 7. The molecule has 23 heavy (non-hydrogen) atoms. The predicted molar refractivity (Wildman–Crippen MR) is 91.7 cm³/mol. The lowest BCUT2D eigenvalue weighted by atomic mass is 10.1. The maximum atomic E-state index is 12.7. The minimum atomic E-state index is -0.00848. The third-order valence-electron chi connectivity index (χ3n) is 3.99. The van der Waals surface area contributed by atoms with Gasteiger partial charge >= 0.3 is 0 Å². The number of methoxy groups -OCH3 is 1. The molecule has 2 rings (SSSR count). The summed E-state index contributed by atoms with van der Waals surface area (Å²) in [5.41, 5.74) is 0.542. The van der Waals surface area contributed by atoms with E-state index >= 15 is 0 Å². The highest BCUT2D eigenvalue weighted by Gasteiger charge is 2.27. The first-order valence-corrected chi connectivity index (χ1v) is 8.42. The van der Waals surface area contributed by atoms with Crippen LogP contribution in [0.4, 0.5) is 0 Å². The van der Waals surface area contributed by atoms with Gasteiger partial charge in [0, 0.05) is 18.7 Å². The Labute approximate surface area is 142 Å². The minimum absolute atomic E-state index is 0.00848. The molecule has 0 aliphatic carbocycles. The SMILES string of the molecule is CCCOc1c(Cl)cc(C(=O)N2CCC(CNC)C2)cc1OC. The molecule has 1 fully saturated rings. The molecule has 5 nitrogen and oxygen atoms in total. The third-order valence-corrected chi connectivity index (χ3v) is 4.27. The second kappa shape index (κ2) is 8.41. The van der Waals surface area contributed by atoms with Gasteiger partial charge in [-0.2, -0.15) is 0 Å². The fourth-order valence-electron chi connectivity index (χ4n) is 2.84. The Morgan fingerprint density at radius 3 is 2.91 bits per heavy atom. The fourth-order valence-corrected chi connectivity index (χ4v) is 3.11. The van der Waals surface area contributed by atoms with Gasteiger partial charge in [-0.25, -0.2) is 0 Å². The van der Waals surface area contributed by atoms with Crippen molar-refractivity contribution < 1.29 is 14.3 Å². The van der Waals surface area contributed by atoms with E-state index in [-0.39, 0.29) is 5.91 Å². The summed E-state index contributed by atoms with van der Waals surface area (Å²) in [6.07, 6.45) is 1.90. The minimum Gasteiger partial charge on any atom is -0.493 e. The van der Waals surface area contributed by atoms with E-state index in [0.29, 0.717) is 34.6 Å². The van der Waals surface area contributed by atoms with Gasteiger partial charge in [-0.3, -0.25) is 4.79 Å². The quantitative estimate of drug-likeness (QED) is 0.829. The second-order valence-electron chi connectivity index (χ2n) is 5.80. The lowest BCUT2D eigenvalue weighted by molar-refractivity contribution is 0.0786. The molecular weight excluding hydrogens is 316 g/mol. The van der Waals surface area contributed by atoms with Crippen molar-refractivity contribution >= 4 is 17.5 Å². The zero-order chi connectivity index (χ0) is 16.8. The summed E-state index contributed by atoms with van der Waals surface area (Å²) in [6, 6.07) is 3.38. The number of benzene rings is 1. The molecule has 6 heteroatoms. The largest absolute Gasteiger partial charge is 0.493 e. The van der Waals surface area contributed by atoms with Gasteiger partial charge in [-0.05, 0) is 44.5 Å². The molecule has 1 saturated heterocycles. The van der Waals surface area contributed by atoms with Crippen LogP contribution in [0.1, 0.15) is 30.1 Å². The lowest BCUT2D eigenvalue weighted by Crippen LogP contribution is -2.30. The number of carbonyl (C=O) groups is 1. The van der Waals surface area contributed by atoms with Crippen LogP contribution in [0.5, 0.6) is 11.5 Å². The molecule has 1 aliphatic rings. The van der Waals surface area contributed by atoms with Gasteiger partial charge < -0.3 is 19.7 Å². The lowest BCUT2D eigenvalue weighted by Gasteiger charge is -2.18. The van der Waals surface area contributed by atoms with E-state index in [1.165, 1.54) is 0 Å². The van der Waals surface area contributed by atoms with Crippen LogP contribution in [0.15, 0.2) is 12.1 Å². The van der Waals surface area contributed by atoms with Crippen molar-refractivity contribution in [2.45, 2.75) is 19.8 Å². The number of carbonyl (C=O) groups excluding carboxylic acids is 1. The number of halogens is 1. The Morgan fingerprint density at radius 2 is 2.26 bits per heavy atom. The summed E-state index contributed by atoms with van der Waals surface area (Å²) >= 11 is 6.29. The van der Waals surface area contributed by atoms with Crippen LogP contribution in [0.25, 0.3) is 0 Å². The van der Waals surface area contributed by atoms with E-state index in [0.717, 1.165) is 32.5 Å². The van der Waals surface area contributed by atoms with Crippen molar-refractivity contribution in [2.24, 2.45) is 5.92 Å². The summed E-state index contributed by atoms with van der Waals surface area (Å²) in [5.74, 6) is 1.50. The topological polar surface area (TPSA) is 50.8 Å². The van der Waals surface area contributed by atoms with E-state index in [1.807, 2.05) is 18.9 Å². The average Bonchev–Trinajstić information content (AvgIpc) is 3.01. The summed E-state index contributed by atoms with van der Waals surface area (Å²) in [5, 5.41) is 3.58. The highest BCUT2D eigenvalue weighted by molar-refractivity contribution is 6.32. The molecule has 1 amide bonds. The van der Waals surface area contributed by atoms with E-state index in [4.69, 9.17) is 21.1 Å². The molecule has 0 bridgehead atoms. The summed E-state index contributed by atoms with van der Waals surface area (Å²) in [7, 11) is 3.49. The number of hydrogen-bond donors (Lipinski definition) is 1. The zero-order valence-corrected chi connectivity index (χ0v) is 14.8. The number of nitrogens with zero attached hydrogens (tertiary/aromatic N) is 1. The van der Waals surface area contributed by atoms with E-state index < -0.39 is 0 Å². The normalized spacial score (nSPS) is 17.4. The highest BCUT2D eigenvalue weighted by Crippen LogP contribution is 2.37. The van der Waals surface area contributed by atoms with Gasteiger partial charge in [0.1, 0.15) is 0 Å². The number of likely N-dealkylation sites (tertiary alicyclic amines) is 1. The van der Waals surface area contributed by atoms with Crippen molar-refractivity contribution in [3.63, 3.8) is 0 Å². The number of nitrogens with one attached hydrogen (secondary N) is 1. The molecule has 0 spiro atoms. The summed E-state index contributed by atoms with van der Waals surface area (Å²) in [4.78, 5) is 14.6. The first-order valence-electron chi connectivity index (χ1n) is 8.04. The molecule has 0 saturated carbocycles. The van der Waals surface area contributed by atoms with E-state index in [9.17, 15) is 4.79 Å². The number of ether oxygens (including phenoxy) is 2. The molecule has 1 N–H and O–H groups in total. The Hall–Kier alpha value is -1.46. The number of amides is 1. The maximum Gasteiger partial charge on any atom is 0.254 e. The van der Waals surface area contributed by atoms with Gasteiger partial charge in [0.25, 0.3) is 5.91 Å². The van der Waals surface area contributed by atoms with Crippen molar-refractivity contribution in [3.8, 4) is 11.5 Å². The van der Waals surface area contributed by atoms with Crippen molar-refractivity contribution in [1.82, 2.24) is 10.2 Å². The van der Waals surface area contributed by atoms with Crippen LogP contribution < -0.4 is 14.8 Å². The van der Waals surface area contributed by atoms with Crippen LogP contribution in [-0.4, -0.2) is 51.2 Å². The molecular formula is C17H25ClN2O3. The molecule has 1 aliphatic heterocycles. The van der Waals surface area contributed by atoms with Gasteiger partial charge in [0.2, 0.25) is 0 Å². The smallest absolute Gasteiger partial charge is 0.254 e. The van der Waals surface area contributed by atoms with Crippen molar-refractivity contribution in [3.05, 3.63) is 22.7 Å².